The summed E-state index contributed by atoms with van der Waals surface area (Å²) in [4.78, 5) is 30.7. The molecule has 0 saturated carbocycles. The average Bonchev–Trinajstić information content (AvgIpc) is 2.97. The van der Waals surface area contributed by atoms with Crippen LogP contribution in [-0.2, 0) is 13.9 Å². The smallest absolute Gasteiger partial charge is 0.391 e. The van der Waals surface area contributed by atoms with Gasteiger partial charge in [0, 0.05) is 6.42 Å². The lowest BCUT2D eigenvalue weighted by molar-refractivity contribution is -0.123. The largest absolute Gasteiger partial charge is 0.469 e. The van der Waals surface area contributed by atoms with Crippen molar-refractivity contribution in [2.45, 2.75) is 212 Å². The fourth-order valence-corrected chi connectivity index (χ4v) is 6.11. The fraction of sp³-hybridized carbons (Fsp3) is 0.971. The molecule has 0 aromatic heterocycles. The molecule has 0 bridgehead atoms. The average molecular weight is 634 g/mol. The molecule has 0 aliphatic carbocycles. The van der Waals surface area contributed by atoms with E-state index in [1.54, 1.807) is 0 Å². The zero-order valence-electron chi connectivity index (χ0n) is 28.4. The molecule has 0 rings (SSSR count). The van der Waals surface area contributed by atoms with Gasteiger partial charge in [0.05, 0.1) is 18.8 Å². The maximum absolute atomic E-state index is 12.5. The van der Waals surface area contributed by atoms with Gasteiger partial charge in [0.25, 0.3) is 0 Å². The van der Waals surface area contributed by atoms with E-state index < -0.39 is 26.6 Å². The highest BCUT2D eigenvalue weighted by Gasteiger charge is 2.25. The molecule has 8 heteroatoms. The lowest BCUT2D eigenvalue weighted by atomic mass is 10.0. The van der Waals surface area contributed by atoms with Gasteiger partial charge in [0.1, 0.15) is 0 Å². The number of unbranched alkanes of at least 4 members (excludes halogenated alkanes) is 25. The Morgan fingerprint density at radius 1 is 0.581 bits per heavy atom. The fourth-order valence-electron chi connectivity index (χ4n) is 5.76. The third-order valence-corrected chi connectivity index (χ3v) is 9.08. The van der Waals surface area contributed by atoms with Crippen molar-refractivity contribution >= 4 is 13.7 Å². The van der Waals surface area contributed by atoms with Crippen LogP contribution in [0.15, 0.2) is 0 Å². The SMILES string of the molecule is CCCCCCCCCCCCCCCCCCC[C@@H](O)[C@H](COP(=O)(O)O)NC(=O)CCCCCCCCCCCC. The maximum atomic E-state index is 12.5. The molecule has 0 aromatic rings. The molecule has 7 nitrogen and oxygen atoms in total. The zero-order valence-corrected chi connectivity index (χ0v) is 29.3. The number of carbonyl (C=O) groups is 1. The molecule has 0 aliphatic rings. The highest BCUT2D eigenvalue weighted by molar-refractivity contribution is 7.46. The van der Waals surface area contributed by atoms with Gasteiger partial charge >= 0.3 is 7.82 Å². The predicted molar refractivity (Wildman–Crippen MR) is 181 cm³/mol. The van der Waals surface area contributed by atoms with Crippen molar-refractivity contribution in [2.75, 3.05) is 6.61 Å². The number of rotatable bonds is 34. The Hall–Kier alpha value is -0.460. The second-order valence-corrected chi connectivity index (χ2v) is 14.1. The van der Waals surface area contributed by atoms with E-state index in [2.05, 4.69) is 23.7 Å². The molecule has 2 atom stereocenters. The summed E-state index contributed by atoms with van der Waals surface area (Å²) in [6, 6.07) is -0.815. The third-order valence-electron chi connectivity index (χ3n) is 8.59. The van der Waals surface area contributed by atoms with Crippen molar-refractivity contribution in [3.63, 3.8) is 0 Å². The number of aliphatic hydroxyl groups excluding tert-OH is 1. The molecule has 258 valence electrons. The minimum Gasteiger partial charge on any atom is -0.391 e. The predicted octanol–water partition coefficient (Wildman–Crippen LogP) is 10.3. The van der Waals surface area contributed by atoms with E-state index >= 15 is 0 Å². The highest BCUT2D eigenvalue weighted by atomic mass is 31.2. The topological polar surface area (TPSA) is 116 Å². The molecule has 0 radical (unpaired) electrons. The summed E-state index contributed by atoms with van der Waals surface area (Å²) in [6.45, 7) is 4.10. The molecular weight excluding hydrogens is 561 g/mol. The molecule has 0 aliphatic heterocycles. The van der Waals surface area contributed by atoms with Gasteiger partial charge in [-0.2, -0.15) is 0 Å². The van der Waals surface area contributed by atoms with Gasteiger partial charge in [0.2, 0.25) is 5.91 Å². The first-order valence-electron chi connectivity index (χ1n) is 18.5. The Morgan fingerprint density at radius 3 is 1.26 bits per heavy atom. The van der Waals surface area contributed by atoms with Gasteiger partial charge in [-0.1, -0.05) is 181 Å². The van der Waals surface area contributed by atoms with E-state index in [1.807, 2.05) is 0 Å². The summed E-state index contributed by atoms with van der Waals surface area (Å²) in [5.74, 6) is -0.194. The first kappa shape index (κ1) is 42.5. The Morgan fingerprint density at radius 2 is 0.907 bits per heavy atom. The van der Waals surface area contributed by atoms with Gasteiger partial charge in [-0.3, -0.25) is 9.32 Å². The number of aliphatic hydroxyl groups is 1. The van der Waals surface area contributed by atoms with Crippen LogP contribution in [0.5, 0.6) is 0 Å². The molecule has 0 spiro atoms. The second-order valence-electron chi connectivity index (χ2n) is 12.9. The van der Waals surface area contributed by atoms with Gasteiger partial charge in [-0.25, -0.2) is 4.57 Å². The second kappa shape index (κ2) is 31.5. The Bertz CT molecular complexity index is 644. The summed E-state index contributed by atoms with van der Waals surface area (Å²) in [6.07, 6.45) is 33.7. The van der Waals surface area contributed by atoms with E-state index in [1.165, 1.54) is 135 Å². The van der Waals surface area contributed by atoms with Crippen LogP contribution >= 0.6 is 7.82 Å². The van der Waals surface area contributed by atoms with Crippen LogP contribution in [0.1, 0.15) is 200 Å². The molecule has 0 heterocycles. The number of carbonyl (C=O) groups excluding carboxylic acids is 1. The summed E-state index contributed by atoms with van der Waals surface area (Å²) in [7, 11) is -4.68. The molecule has 4 N–H and O–H groups in total. The van der Waals surface area contributed by atoms with Crippen molar-refractivity contribution in [1.82, 2.24) is 5.32 Å². The lowest BCUT2D eigenvalue weighted by Gasteiger charge is -2.24. The van der Waals surface area contributed by atoms with Crippen LogP contribution in [0.2, 0.25) is 0 Å². The lowest BCUT2D eigenvalue weighted by Crippen LogP contribution is -2.46. The van der Waals surface area contributed by atoms with E-state index in [-0.39, 0.29) is 5.91 Å². The molecule has 0 aromatic carbocycles. The minimum atomic E-state index is -4.68. The Labute approximate surface area is 266 Å². The Balaban J connectivity index is 3.92. The summed E-state index contributed by atoms with van der Waals surface area (Å²) in [5.41, 5.74) is 0. The van der Waals surface area contributed by atoms with Gasteiger partial charge in [-0.05, 0) is 12.8 Å². The van der Waals surface area contributed by atoms with E-state index in [4.69, 9.17) is 9.79 Å². The summed E-state index contributed by atoms with van der Waals surface area (Å²) < 4.78 is 15.9. The first-order chi connectivity index (χ1) is 20.8. The molecule has 0 saturated heterocycles. The third kappa shape index (κ3) is 32.7. The van der Waals surface area contributed by atoms with Gasteiger partial charge in [0.15, 0.2) is 0 Å². The molecular formula is C35H72NO6P. The van der Waals surface area contributed by atoms with Gasteiger partial charge < -0.3 is 20.2 Å². The van der Waals surface area contributed by atoms with Crippen molar-refractivity contribution in [3.8, 4) is 0 Å². The number of hydrogen-bond donors (Lipinski definition) is 4. The van der Waals surface area contributed by atoms with E-state index in [0.717, 1.165) is 38.5 Å². The maximum Gasteiger partial charge on any atom is 0.469 e. The minimum absolute atomic E-state index is 0.194. The van der Waals surface area contributed by atoms with Crippen molar-refractivity contribution < 1.29 is 28.8 Å². The first-order valence-corrected chi connectivity index (χ1v) is 20.0. The summed E-state index contributed by atoms with van der Waals surface area (Å²) in [5, 5.41) is 13.4. The number of phosphoric ester groups is 1. The van der Waals surface area contributed by atoms with Gasteiger partial charge in [-0.15, -0.1) is 0 Å². The molecule has 1 amide bonds. The normalized spacial score (nSPS) is 13.3. The van der Waals surface area contributed by atoms with Crippen molar-refractivity contribution in [3.05, 3.63) is 0 Å². The number of hydrogen-bond acceptors (Lipinski definition) is 4. The van der Waals surface area contributed by atoms with Crippen molar-refractivity contribution in [1.29, 1.82) is 0 Å². The van der Waals surface area contributed by atoms with Crippen LogP contribution < -0.4 is 5.32 Å². The van der Waals surface area contributed by atoms with Crippen LogP contribution in [0.4, 0.5) is 0 Å². The van der Waals surface area contributed by atoms with Crippen LogP contribution in [0, 0.1) is 0 Å². The molecule has 0 unspecified atom stereocenters. The van der Waals surface area contributed by atoms with E-state index in [9.17, 15) is 14.5 Å². The quantitative estimate of drug-likeness (QED) is 0.0414. The van der Waals surface area contributed by atoms with Crippen LogP contribution in [0.25, 0.3) is 0 Å². The highest BCUT2D eigenvalue weighted by Crippen LogP contribution is 2.36. The standard InChI is InChI=1S/C35H72NO6P/c1-3-5-7-9-11-13-15-16-17-18-19-20-21-22-24-26-28-30-34(37)33(32-42-43(39,40)41)36-35(38)31-29-27-25-23-14-12-10-8-6-4-2/h33-34,37H,3-32H2,1-2H3,(H,36,38)(H2,39,40,41)/t33-,34+/m0/s1. The van der Waals surface area contributed by atoms with Crippen LogP contribution in [-0.4, -0.2) is 39.6 Å². The zero-order chi connectivity index (χ0) is 31.9. The monoisotopic (exact) mass is 634 g/mol. The number of phosphoric acid groups is 1. The Kier molecular flexibility index (Phi) is 31.2. The molecule has 43 heavy (non-hydrogen) atoms. The summed E-state index contributed by atoms with van der Waals surface area (Å²) >= 11 is 0. The van der Waals surface area contributed by atoms with Crippen molar-refractivity contribution in [2.24, 2.45) is 0 Å². The molecule has 0 fully saturated rings. The number of nitrogens with one attached hydrogen (secondary N) is 1. The number of amides is 1. The van der Waals surface area contributed by atoms with Crippen LogP contribution in [0.3, 0.4) is 0 Å². The van der Waals surface area contributed by atoms with E-state index in [0.29, 0.717) is 12.8 Å².